The number of nitrogens with one attached hydrogen (secondary N) is 2. The third-order valence-electron chi connectivity index (χ3n) is 6.84. The van der Waals surface area contributed by atoms with E-state index in [9.17, 15) is 13.2 Å². The van der Waals surface area contributed by atoms with Gasteiger partial charge in [-0.3, -0.25) is 4.79 Å². The van der Waals surface area contributed by atoms with Crippen LogP contribution in [0.4, 0.5) is 0 Å². The number of carbonyl (C=O) groups is 1. The van der Waals surface area contributed by atoms with Crippen molar-refractivity contribution < 1.29 is 13.2 Å². The molecule has 3 aliphatic rings. The summed E-state index contributed by atoms with van der Waals surface area (Å²) in [4.78, 5) is 13.3. The summed E-state index contributed by atoms with van der Waals surface area (Å²) in [6, 6.07) is 8.11. The predicted octanol–water partition coefficient (Wildman–Crippen LogP) is 3.24. The summed E-state index contributed by atoms with van der Waals surface area (Å²) < 4.78 is 28.8. The van der Waals surface area contributed by atoms with Crippen molar-refractivity contribution in [3.05, 3.63) is 51.2 Å². The Morgan fingerprint density at radius 1 is 1.16 bits per heavy atom. The van der Waals surface area contributed by atoms with E-state index in [0.29, 0.717) is 24.5 Å². The zero-order valence-electron chi connectivity index (χ0n) is 17.6. The first-order valence-electron chi connectivity index (χ1n) is 11.2. The summed E-state index contributed by atoms with van der Waals surface area (Å²) in [5, 5.41) is 8.06. The molecule has 1 unspecified atom stereocenters. The summed E-state index contributed by atoms with van der Waals surface area (Å²) in [5.74, 6) is -0.0462. The average molecular weight is 460 g/mol. The van der Waals surface area contributed by atoms with Crippen molar-refractivity contribution in [3.63, 3.8) is 0 Å². The average Bonchev–Trinajstić information content (AvgIpc) is 3.30. The zero-order valence-corrected chi connectivity index (χ0v) is 19.2. The molecule has 1 aromatic heterocycles. The number of piperidine rings is 1. The summed E-state index contributed by atoms with van der Waals surface area (Å²) in [5.41, 5.74) is 3.85. The molecule has 1 aromatic carbocycles. The molecule has 0 bridgehead atoms. The monoisotopic (exact) mass is 459 g/mol. The van der Waals surface area contributed by atoms with Crippen molar-refractivity contribution in [2.75, 3.05) is 19.6 Å². The van der Waals surface area contributed by atoms with Crippen LogP contribution in [0.5, 0.6) is 0 Å². The lowest BCUT2D eigenvalue weighted by Gasteiger charge is -2.37. The van der Waals surface area contributed by atoms with Crippen LogP contribution >= 0.6 is 11.3 Å². The first kappa shape index (κ1) is 21.1. The van der Waals surface area contributed by atoms with Gasteiger partial charge in [0.2, 0.25) is 10.0 Å². The standard InChI is InChI=1S/C23H29N3O3S2/c27-23(25-13-19-9-1-2-11-24-19)22-20(10-12-30-22)31(28,29)26-14-17-7-3-5-16-6-4-8-18(15-26)21(16)17/h3,5,7,10,12,18-19,24H,1-2,4,6,8-9,11,13-15H2,(H,25,27)/t18?,19-/m1/s1. The van der Waals surface area contributed by atoms with Gasteiger partial charge in [-0.1, -0.05) is 24.6 Å². The second kappa shape index (κ2) is 8.65. The van der Waals surface area contributed by atoms with E-state index in [0.717, 1.165) is 44.2 Å². The Bertz CT molecular complexity index is 1070. The van der Waals surface area contributed by atoms with Crippen LogP contribution in [0.1, 0.15) is 64.4 Å². The van der Waals surface area contributed by atoms with Crippen LogP contribution in [0.3, 0.4) is 0 Å². The molecule has 2 N–H and O–H groups in total. The summed E-state index contributed by atoms with van der Waals surface area (Å²) >= 11 is 1.20. The van der Waals surface area contributed by atoms with E-state index in [1.54, 1.807) is 15.8 Å². The smallest absolute Gasteiger partial charge is 0.262 e. The number of rotatable bonds is 5. The third-order valence-corrected chi connectivity index (χ3v) is 9.74. The quantitative estimate of drug-likeness (QED) is 0.720. The minimum atomic E-state index is -3.74. The van der Waals surface area contributed by atoms with Gasteiger partial charge < -0.3 is 10.6 Å². The van der Waals surface area contributed by atoms with Gasteiger partial charge in [0.1, 0.15) is 9.77 Å². The second-order valence-electron chi connectivity index (χ2n) is 8.85. The van der Waals surface area contributed by atoms with Gasteiger partial charge in [0, 0.05) is 25.7 Å². The lowest BCUT2D eigenvalue weighted by Crippen LogP contribution is -2.43. The zero-order chi connectivity index (χ0) is 21.4. The molecule has 31 heavy (non-hydrogen) atoms. The van der Waals surface area contributed by atoms with E-state index < -0.39 is 10.0 Å². The molecule has 2 aromatic rings. The van der Waals surface area contributed by atoms with Gasteiger partial charge in [0.25, 0.3) is 5.91 Å². The molecule has 1 aliphatic carbocycles. The van der Waals surface area contributed by atoms with E-state index in [2.05, 4.69) is 22.8 Å². The molecule has 2 atom stereocenters. The van der Waals surface area contributed by atoms with Gasteiger partial charge in [-0.2, -0.15) is 4.31 Å². The highest BCUT2D eigenvalue weighted by molar-refractivity contribution is 7.89. The normalized spacial score (nSPS) is 23.9. The first-order chi connectivity index (χ1) is 15.0. The highest BCUT2D eigenvalue weighted by Crippen LogP contribution is 2.40. The molecular weight excluding hydrogens is 430 g/mol. The Morgan fingerprint density at radius 2 is 2.03 bits per heavy atom. The molecule has 6 nitrogen and oxygen atoms in total. The van der Waals surface area contributed by atoms with Gasteiger partial charge in [0.05, 0.1) is 0 Å². The molecule has 1 saturated heterocycles. The molecule has 1 fully saturated rings. The van der Waals surface area contributed by atoms with E-state index in [4.69, 9.17) is 0 Å². The van der Waals surface area contributed by atoms with Crippen molar-refractivity contribution in [3.8, 4) is 0 Å². The number of amides is 1. The number of nitrogens with zero attached hydrogens (tertiary/aromatic N) is 1. The minimum absolute atomic E-state index is 0.141. The lowest BCUT2D eigenvalue weighted by molar-refractivity contribution is 0.0948. The number of carbonyl (C=O) groups excluding carboxylic acids is 1. The van der Waals surface area contributed by atoms with E-state index in [1.807, 2.05) is 6.07 Å². The van der Waals surface area contributed by atoms with E-state index in [-0.39, 0.29) is 22.8 Å². The molecule has 8 heteroatoms. The molecule has 166 valence electrons. The number of aryl methyl sites for hydroxylation is 1. The number of hydrogen-bond acceptors (Lipinski definition) is 5. The van der Waals surface area contributed by atoms with Crippen LogP contribution in [0.15, 0.2) is 34.5 Å². The van der Waals surface area contributed by atoms with Crippen LogP contribution in [0, 0.1) is 0 Å². The predicted molar refractivity (Wildman–Crippen MR) is 122 cm³/mol. The van der Waals surface area contributed by atoms with Crippen LogP contribution in [-0.4, -0.2) is 44.3 Å². The van der Waals surface area contributed by atoms with Crippen molar-refractivity contribution in [2.45, 2.75) is 61.9 Å². The molecule has 5 rings (SSSR count). The van der Waals surface area contributed by atoms with Crippen LogP contribution in [0.2, 0.25) is 0 Å². The highest BCUT2D eigenvalue weighted by atomic mass is 32.2. The summed E-state index contributed by atoms with van der Waals surface area (Å²) in [6.45, 7) is 2.37. The van der Waals surface area contributed by atoms with Crippen molar-refractivity contribution in [1.82, 2.24) is 14.9 Å². The molecule has 2 aliphatic heterocycles. The van der Waals surface area contributed by atoms with Crippen molar-refractivity contribution in [1.29, 1.82) is 0 Å². The first-order valence-corrected chi connectivity index (χ1v) is 13.6. The van der Waals surface area contributed by atoms with Gasteiger partial charge in [-0.15, -0.1) is 11.3 Å². The Hall–Kier alpha value is -1.74. The Morgan fingerprint density at radius 3 is 2.87 bits per heavy atom. The molecule has 0 radical (unpaired) electrons. The maximum atomic E-state index is 13.6. The van der Waals surface area contributed by atoms with Crippen molar-refractivity contribution >= 4 is 27.3 Å². The van der Waals surface area contributed by atoms with Gasteiger partial charge in [-0.05, 0) is 72.7 Å². The fraction of sp³-hybridized carbons (Fsp3) is 0.522. The maximum Gasteiger partial charge on any atom is 0.262 e. The summed E-state index contributed by atoms with van der Waals surface area (Å²) in [6.07, 6.45) is 6.55. The van der Waals surface area contributed by atoms with E-state index in [1.165, 1.54) is 28.9 Å². The second-order valence-corrected chi connectivity index (χ2v) is 11.7. The number of hydrogen-bond donors (Lipinski definition) is 2. The SMILES string of the molecule is O=C(NC[C@H]1CCCCN1)c1sccc1S(=O)(=O)N1Cc2cccc3c2C(CCC3)C1. The molecular formula is C23H29N3O3S2. The maximum absolute atomic E-state index is 13.6. The number of sulfonamides is 1. The van der Waals surface area contributed by atoms with Gasteiger partial charge >= 0.3 is 0 Å². The third kappa shape index (κ3) is 4.06. The summed E-state index contributed by atoms with van der Waals surface area (Å²) in [7, 11) is -3.74. The van der Waals surface area contributed by atoms with Gasteiger partial charge in [0.15, 0.2) is 0 Å². The molecule has 1 amide bonds. The Balaban J connectivity index is 1.36. The molecule has 3 heterocycles. The Labute approximate surface area is 188 Å². The topological polar surface area (TPSA) is 78.5 Å². The van der Waals surface area contributed by atoms with Gasteiger partial charge in [-0.25, -0.2) is 8.42 Å². The van der Waals surface area contributed by atoms with Crippen LogP contribution < -0.4 is 10.6 Å². The van der Waals surface area contributed by atoms with E-state index >= 15 is 0 Å². The van der Waals surface area contributed by atoms with Crippen molar-refractivity contribution in [2.24, 2.45) is 0 Å². The molecule has 0 spiro atoms. The van der Waals surface area contributed by atoms with Crippen LogP contribution in [0.25, 0.3) is 0 Å². The fourth-order valence-corrected chi connectivity index (χ4v) is 8.08. The van der Waals surface area contributed by atoms with Crippen LogP contribution in [-0.2, 0) is 23.0 Å². The molecule has 0 saturated carbocycles. The number of benzene rings is 1. The lowest BCUT2D eigenvalue weighted by atomic mass is 9.78. The number of thiophene rings is 1. The fourth-order valence-electron chi connectivity index (χ4n) is 5.30. The largest absolute Gasteiger partial charge is 0.350 e. The minimum Gasteiger partial charge on any atom is -0.350 e. The highest BCUT2D eigenvalue weighted by Gasteiger charge is 2.37. The Kier molecular flexibility index (Phi) is 5.90.